The first-order chi connectivity index (χ1) is 12.7. The van der Waals surface area contributed by atoms with Gasteiger partial charge in [0.25, 0.3) is 5.91 Å². The van der Waals surface area contributed by atoms with Crippen molar-refractivity contribution in [3.8, 4) is 0 Å². The number of piperidine rings is 1. The number of carbonyl (C=O) groups is 1. The quantitative estimate of drug-likeness (QED) is 0.911. The van der Waals surface area contributed by atoms with Crippen LogP contribution in [0.4, 0.5) is 0 Å². The molecule has 2 fully saturated rings. The second kappa shape index (κ2) is 6.06. The number of furan rings is 1. The average Bonchev–Trinajstić information content (AvgIpc) is 3.34. The van der Waals surface area contributed by atoms with Crippen molar-refractivity contribution in [3.63, 3.8) is 0 Å². The van der Waals surface area contributed by atoms with Crippen LogP contribution < -0.4 is 5.32 Å². The first kappa shape index (κ1) is 15.8. The Labute approximate surface area is 152 Å². The van der Waals surface area contributed by atoms with Crippen LogP contribution >= 0.6 is 0 Å². The van der Waals surface area contributed by atoms with Gasteiger partial charge in [-0.2, -0.15) is 5.10 Å². The summed E-state index contributed by atoms with van der Waals surface area (Å²) < 4.78 is 5.16. The summed E-state index contributed by atoms with van der Waals surface area (Å²) in [5.74, 6) is -0.0934. The largest absolute Gasteiger partial charge is 0.472 e. The summed E-state index contributed by atoms with van der Waals surface area (Å²) in [5.41, 5.74) is 4.34. The zero-order valence-corrected chi connectivity index (χ0v) is 14.8. The van der Waals surface area contributed by atoms with Crippen molar-refractivity contribution in [2.45, 2.75) is 50.2 Å². The highest BCUT2D eigenvalue weighted by molar-refractivity contribution is 6.53. The van der Waals surface area contributed by atoms with E-state index in [1.54, 1.807) is 12.5 Å². The lowest BCUT2D eigenvalue weighted by atomic mass is 9.90. The Balaban J connectivity index is 1.29. The number of carbonyl (C=O) groups excluding carboxylic acids is 1. The van der Waals surface area contributed by atoms with E-state index in [9.17, 15) is 4.79 Å². The first-order valence-corrected chi connectivity index (χ1v) is 9.30. The zero-order chi connectivity index (χ0) is 17.7. The third-order valence-corrected chi connectivity index (χ3v) is 6.19. The van der Waals surface area contributed by atoms with Crippen LogP contribution in [0.5, 0.6) is 0 Å². The van der Waals surface area contributed by atoms with Crippen molar-refractivity contribution in [1.29, 1.82) is 0 Å². The molecule has 26 heavy (non-hydrogen) atoms. The summed E-state index contributed by atoms with van der Waals surface area (Å²) in [4.78, 5) is 15.3. The Kier molecular flexibility index (Phi) is 3.67. The van der Waals surface area contributed by atoms with Crippen molar-refractivity contribution >= 4 is 22.9 Å². The fraction of sp³-hybridized carbons (Fsp3) is 0.450. The van der Waals surface area contributed by atoms with E-state index in [-0.39, 0.29) is 11.9 Å². The van der Waals surface area contributed by atoms with Gasteiger partial charge in [-0.05, 0) is 44.4 Å². The molecule has 2 unspecified atom stereocenters. The highest BCUT2D eigenvalue weighted by atomic mass is 16.3. The molecule has 2 atom stereocenters. The van der Waals surface area contributed by atoms with Crippen molar-refractivity contribution in [3.05, 3.63) is 41.9 Å². The van der Waals surface area contributed by atoms with E-state index in [0.717, 1.165) is 35.3 Å². The molecular formula is C20H22N4O2. The zero-order valence-electron chi connectivity index (χ0n) is 14.8. The summed E-state index contributed by atoms with van der Waals surface area (Å²) in [6.45, 7) is 0. The molecular weight excluding hydrogens is 328 g/mol. The molecule has 2 bridgehead atoms. The molecule has 1 amide bonds. The van der Waals surface area contributed by atoms with E-state index >= 15 is 0 Å². The number of rotatable bonds is 3. The van der Waals surface area contributed by atoms with Gasteiger partial charge in [-0.1, -0.05) is 12.2 Å². The SMILES string of the molecule is CN1C2CCC1CC(NC(=O)C1=NN=C3CC(c4ccoc4)=CC=C31)C2. The first-order valence-electron chi connectivity index (χ1n) is 9.30. The maximum absolute atomic E-state index is 12.8. The Hall–Kier alpha value is -2.47. The number of amides is 1. The van der Waals surface area contributed by atoms with Gasteiger partial charge in [0.2, 0.25) is 0 Å². The van der Waals surface area contributed by atoms with Gasteiger partial charge < -0.3 is 14.6 Å². The molecule has 2 saturated heterocycles. The molecule has 0 aromatic carbocycles. The van der Waals surface area contributed by atoms with Gasteiger partial charge in [0.1, 0.15) is 0 Å². The number of allylic oxidation sites excluding steroid dienone is 3. The van der Waals surface area contributed by atoms with Crippen LogP contribution in [0.15, 0.2) is 50.9 Å². The molecule has 0 saturated carbocycles. The number of fused-ring (bicyclic) bond motifs is 3. The van der Waals surface area contributed by atoms with Crippen LogP contribution in [0.1, 0.15) is 37.7 Å². The summed E-state index contributed by atoms with van der Waals surface area (Å²) in [5, 5.41) is 11.7. The second-order valence-corrected chi connectivity index (χ2v) is 7.65. The van der Waals surface area contributed by atoms with Crippen LogP contribution in [-0.4, -0.2) is 47.4 Å². The number of nitrogens with zero attached hydrogens (tertiary/aromatic N) is 3. The van der Waals surface area contributed by atoms with Gasteiger partial charge in [0.15, 0.2) is 5.71 Å². The summed E-state index contributed by atoms with van der Waals surface area (Å²) in [6, 6.07) is 3.38. The van der Waals surface area contributed by atoms with Crippen LogP contribution in [0.2, 0.25) is 0 Å². The maximum Gasteiger partial charge on any atom is 0.272 e. The minimum atomic E-state index is -0.0934. The molecule has 0 radical (unpaired) electrons. The van der Waals surface area contributed by atoms with Crippen LogP contribution in [0.3, 0.4) is 0 Å². The molecule has 1 N–H and O–H groups in total. The number of hydrogen-bond donors (Lipinski definition) is 1. The van der Waals surface area contributed by atoms with E-state index in [4.69, 9.17) is 4.42 Å². The molecule has 1 aliphatic carbocycles. The fourth-order valence-corrected chi connectivity index (χ4v) is 4.68. The highest BCUT2D eigenvalue weighted by Crippen LogP contribution is 2.34. The summed E-state index contributed by atoms with van der Waals surface area (Å²) >= 11 is 0. The number of hydrogen-bond acceptors (Lipinski definition) is 5. The molecule has 3 aliphatic heterocycles. The molecule has 5 rings (SSSR count). The normalized spacial score (nSPS) is 30.3. The van der Waals surface area contributed by atoms with E-state index < -0.39 is 0 Å². The van der Waals surface area contributed by atoms with Crippen LogP contribution in [0.25, 0.3) is 5.57 Å². The van der Waals surface area contributed by atoms with E-state index in [2.05, 4.69) is 27.5 Å². The summed E-state index contributed by atoms with van der Waals surface area (Å²) in [6.07, 6.45) is 12.6. The van der Waals surface area contributed by atoms with Gasteiger partial charge >= 0.3 is 0 Å². The van der Waals surface area contributed by atoms with Crippen molar-refractivity contribution < 1.29 is 9.21 Å². The van der Waals surface area contributed by atoms with Gasteiger partial charge in [0.05, 0.1) is 18.2 Å². The third-order valence-electron chi connectivity index (χ3n) is 6.19. The predicted molar refractivity (Wildman–Crippen MR) is 100.0 cm³/mol. The second-order valence-electron chi connectivity index (χ2n) is 7.65. The van der Waals surface area contributed by atoms with Crippen LogP contribution in [0, 0.1) is 0 Å². The molecule has 6 nitrogen and oxygen atoms in total. The highest BCUT2D eigenvalue weighted by Gasteiger charge is 2.39. The van der Waals surface area contributed by atoms with Crippen LogP contribution in [-0.2, 0) is 4.79 Å². The molecule has 4 heterocycles. The molecule has 0 spiro atoms. The lowest BCUT2D eigenvalue weighted by Crippen LogP contribution is -2.50. The van der Waals surface area contributed by atoms with Gasteiger partial charge in [-0.15, -0.1) is 5.10 Å². The summed E-state index contributed by atoms with van der Waals surface area (Å²) in [7, 11) is 2.21. The van der Waals surface area contributed by atoms with Crippen molar-refractivity contribution in [1.82, 2.24) is 10.2 Å². The third kappa shape index (κ3) is 2.56. The fourth-order valence-electron chi connectivity index (χ4n) is 4.68. The monoisotopic (exact) mass is 350 g/mol. The Morgan fingerprint density at radius 3 is 2.77 bits per heavy atom. The minimum absolute atomic E-state index is 0.0934. The smallest absolute Gasteiger partial charge is 0.272 e. The molecule has 134 valence electrons. The molecule has 1 aromatic rings. The lowest BCUT2D eigenvalue weighted by molar-refractivity contribution is -0.115. The Morgan fingerprint density at radius 2 is 2.04 bits per heavy atom. The van der Waals surface area contributed by atoms with E-state index in [0.29, 0.717) is 24.2 Å². The molecule has 6 heteroatoms. The van der Waals surface area contributed by atoms with Crippen molar-refractivity contribution in [2.24, 2.45) is 10.2 Å². The van der Waals surface area contributed by atoms with E-state index in [1.165, 1.54) is 12.8 Å². The molecule has 1 aromatic heterocycles. The van der Waals surface area contributed by atoms with Gasteiger partial charge in [0, 0.05) is 35.7 Å². The van der Waals surface area contributed by atoms with Gasteiger partial charge in [-0.25, -0.2) is 0 Å². The van der Waals surface area contributed by atoms with Gasteiger partial charge in [-0.3, -0.25) is 4.79 Å². The van der Waals surface area contributed by atoms with Crippen molar-refractivity contribution in [2.75, 3.05) is 7.05 Å². The molecule has 4 aliphatic rings. The Bertz CT molecular complexity index is 848. The predicted octanol–water partition coefficient (Wildman–Crippen LogP) is 2.55. The average molecular weight is 350 g/mol. The maximum atomic E-state index is 12.8. The Morgan fingerprint density at radius 1 is 1.23 bits per heavy atom. The standard InChI is InChI=1S/C20H22N4O2/c1-24-15-3-4-16(24)10-14(9-15)21-20(25)19-17-5-2-12(8-18(17)22-23-19)13-6-7-26-11-13/h2,5-7,11,14-16H,3-4,8-10H2,1H3,(H,21,25). The topological polar surface area (TPSA) is 70.2 Å². The number of nitrogens with one attached hydrogen (secondary N) is 1. The van der Waals surface area contributed by atoms with E-state index in [1.807, 2.05) is 18.2 Å². The lowest BCUT2D eigenvalue weighted by Gasteiger charge is -2.36. The minimum Gasteiger partial charge on any atom is -0.472 e.